The molecule has 0 aromatic heterocycles. The van der Waals surface area contributed by atoms with E-state index in [2.05, 4.69) is 21.3 Å². The number of carbonyl (C=O) groups is 4. The molecule has 4 unspecified atom stereocenters. The molecule has 1 rings (SSSR count). The first kappa shape index (κ1) is 20.8. The van der Waals surface area contributed by atoms with Gasteiger partial charge in [-0.1, -0.05) is 0 Å². The number of rotatable bonds is 9. The molecule has 11 nitrogen and oxygen atoms in total. The summed E-state index contributed by atoms with van der Waals surface area (Å²) in [6.07, 6.45) is 1.43. The van der Waals surface area contributed by atoms with E-state index in [0.717, 1.165) is 6.42 Å². The standard InChI is InChI=1S/C14H24N4O7/c1-7(14(24)25)16-12(22)9(5-19)18-13(23)10(6-20)17-11(21)8-3-2-4-15-8/h7-10,15,19-20H,2-6H2,1H3,(H,16,22)(H,17,21)(H,18,23)(H,24,25). The number of carbonyl (C=O) groups excluding carboxylic acids is 3. The van der Waals surface area contributed by atoms with Gasteiger partial charge in [-0.05, 0) is 26.3 Å². The zero-order valence-corrected chi connectivity index (χ0v) is 13.8. The normalized spacial score (nSPS) is 20.2. The van der Waals surface area contributed by atoms with Crippen LogP contribution in [0.15, 0.2) is 0 Å². The lowest BCUT2D eigenvalue weighted by Gasteiger charge is -2.22. The van der Waals surface area contributed by atoms with Gasteiger partial charge < -0.3 is 36.6 Å². The van der Waals surface area contributed by atoms with Gasteiger partial charge in [0.05, 0.1) is 19.3 Å². The van der Waals surface area contributed by atoms with E-state index in [0.29, 0.717) is 13.0 Å². The van der Waals surface area contributed by atoms with Crippen LogP contribution in [-0.2, 0) is 19.2 Å². The van der Waals surface area contributed by atoms with Gasteiger partial charge in [-0.3, -0.25) is 19.2 Å². The van der Waals surface area contributed by atoms with Gasteiger partial charge in [0.1, 0.15) is 18.1 Å². The Balaban J connectivity index is 2.60. The molecule has 3 amide bonds. The molecule has 1 heterocycles. The molecule has 0 spiro atoms. The second-order valence-electron chi connectivity index (χ2n) is 5.70. The average molecular weight is 360 g/mol. The third kappa shape index (κ3) is 6.29. The molecule has 1 saturated heterocycles. The quantitative estimate of drug-likeness (QED) is 0.219. The molecule has 25 heavy (non-hydrogen) atoms. The fourth-order valence-electron chi connectivity index (χ4n) is 2.22. The number of aliphatic hydroxyl groups is 2. The Morgan fingerprint density at radius 3 is 2.08 bits per heavy atom. The highest BCUT2D eigenvalue weighted by atomic mass is 16.4. The molecule has 0 saturated carbocycles. The Labute approximate surface area is 144 Å². The predicted octanol–water partition coefficient (Wildman–Crippen LogP) is -3.72. The van der Waals surface area contributed by atoms with Crippen LogP contribution in [0.5, 0.6) is 0 Å². The number of hydrogen-bond acceptors (Lipinski definition) is 7. The summed E-state index contributed by atoms with van der Waals surface area (Å²) in [4.78, 5) is 46.7. The molecule has 142 valence electrons. The highest BCUT2D eigenvalue weighted by Gasteiger charge is 2.30. The largest absolute Gasteiger partial charge is 0.480 e. The van der Waals surface area contributed by atoms with Crippen LogP contribution in [0, 0.1) is 0 Å². The van der Waals surface area contributed by atoms with Crippen molar-refractivity contribution < 1.29 is 34.5 Å². The van der Waals surface area contributed by atoms with Gasteiger partial charge in [0, 0.05) is 0 Å². The van der Waals surface area contributed by atoms with Crippen molar-refractivity contribution in [2.75, 3.05) is 19.8 Å². The van der Waals surface area contributed by atoms with E-state index in [1.807, 2.05) is 0 Å². The molecule has 4 atom stereocenters. The van der Waals surface area contributed by atoms with Crippen molar-refractivity contribution >= 4 is 23.7 Å². The van der Waals surface area contributed by atoms with Gasteiger partial charge >= 0.3 is 5.97 Å². The number of aliphatic hydroxyl groups excluding tert-OH is 2. The van der Waals surface area contributed by atoms with Crippen LogP contribution in [0.4, 0.5) is 0 Å². The van der Waals surface area contributed by atoms with Crippen LogP contribution in [-0.4, -0.2) is 82.9 Å². The highest BCUT2D eigenvalue weighted by molar-refractivity contribution is 5.94. The molecule has 1 aliphatic rings. The highest BCUT2D eigenvalue weighted by Crippen LogP contribution is 2.05. The van der Waals surface area contributed by atoms with Crippen molar-refractivity contribution in [3.05, 3.63) is 0 Å². The Kier molecular flexibility index (Phi) is 8.25. The van der Waals surface area contributed by atoms with E-state index >= 15 is 0 Å². The Morgan fingerprint density at radius 1 is 1.04 bits per heavy atom. The molecule has 1 aliphatic heterocycles. The number of aliphatic carboxylic acids is 1. The second-order valence-corrected chi connectivity index (χ2v) is 5.70. The number of carboxylic acids is 1. The molecule has 0 aromatic carbocycles. The third-order valence-electron chi connectivity index (χ3n) is 3.74. The fraction of sp³-hybridized carbons (Fsp3) is 0.714. The van der Waals surface area contributed by atoms with Crippen molar-refractivity contribution in [3.8, 4) is 0 Å². The minimum Gasteiger partial charge on any atom is -0.480 e. The zero-order valence-electron chi connectivity index (χ0n) is 13.8. The van der Waals surface area contributed by atoms with Crippen LogP contribution in [0.25, 0.3) is 0 Å². The summed E-state index contributed by atoms with van der Waals surface area (Å²) in [6, 6.07) is -4.37. The minimum absolute atomic E-state index is 0.448. The maximum absolute atomic E-state index is 12.1. The van der Waals surface area contributed by atoms with Crippen molar-refractivity contribution in [2.24, 2.45) is 0 Å². The number of hydrogen-bond donors (Lipinski definition) is 7. The fourth-order valence-corrected chi connectivity index (χ4v) is 2.22. The van der Waals surface area contributed by atoms with Gasteiger partial charge in [-0.15, -0.1) is 0 Å². The third-order valence-corrected chi connectivity index (χ3v) is 3.74. The Morgan fingerprint density at radius 2 is 1.60 bits per heavy atom. The molecule has 1 fully saturated rings. The van der Waals surface area contributed by atoms with Gasteiger partial charge in [0.25, 0.3) is 0 Å². The summed E-state index contributed by atoms with van der Waals surface area (Å²) in [7, 11) is 0. The van der Waals surface area contributed by atoms with Crippen LogP contribution in [0.1, 0.15) is 19.8 Å². The molecule has 0 bridgehead atoms. The molecule has 0 aliphatic carbocycles. The van der Waals surface area contributed by atoms with Crippen molar-refractivity contribution in [2.45, 2.75) is 43.9 Å². The summed E-state index contributed by atoms with van der Waals surface area (Å²) < 4.78 is 0. The zero-order chi connectivity index (χ0) is 19.0. The SMILES string of the molecule is CC(NC(=O)C(CO)NC(=O)C(CO)NC(=O)C1CCCN1)C(=O)O. The summed E-state index contributed by atoms with van der Waals surface area (Å²) in [5.41, 5.74) is 0. The first-order valence-corrected chi connectivity index (χ1v) is 7.89. The predicted molar refractivity (Wildman–Crippen MR) is 84.3 cm³/mol. The lowest BCUT2D eigenvalue weighted by Crippen LogP contribution is -2.58. The van der Waals surface area contributed by atoms with Crippen molar-refractivity contribution in [1.82, 2.24) is 21.3 Å². The van der Waals surface area contributed by atoms with Crippen molar-refractivity contribution in [1.29, 1.82) is 0 Å². The number of nitrogens with one attached hydrogen (secondary N) is 4. The average Bonchev–Trinajstić information content (AvgIpc) is 3.11. The number of amides is 3. The minimum atomic E-state index is -1.41. The molecule has 0 radical (unpaired) electrons. The lowest BCUT2D eigenvalue weighted by molar-refractivity contribution is -0.142. The van der Waals surface area contributed by atoms with E-state index in [9.17, 15) is 29.4 Å². The first-order chi connectivity index (χ1) is 11.8. The summed E-state index contributed by atoms with van der Waals surface area (Å²) in [5.74, 6) is -3.49. The van der Waals surface area contributed by atoms with Gasteiger partial charge in [-0.2, -0.15) is 0 Å². The van der Waals surface area contributed by atoms with Crippen LogP contribution in [0.3, 0.4) is 0 Å². The Hall–Kier alpha value is -2.24. The van der Waals surface area contributed by atoms with E-state index in [-0.39, 0.29) is 0 Å². The lowest BCUT2D eigenvalue weighted by atomic mass is 10.2. The van der Waals surface area contributed by atoms with E-state index in [1.54, 1.807) is 0 Å². The summed E-state index contributed by atoms with van der Waals surface area (Å²) in [6.45, 7) is 0.431. The maximum atomic E-state index is 12.1. The van der Waals surface area contributed by atoms with E-state index in [4.69, 9.17) is 5.11 Å². The van der Waals surface area contributed by atoms with Crippen LogP contribution in [0.2, 0.25) is 0 Å². The maximum Gasteiger partial charge on any atom is 0.325 e. The molecular weight excluding hydrogens is 336 g/mol. The van der Waals surface area contributed by atoms with Gasteiger partial charge in [-0.25, -0.2) is 0 Å². The van der Waals surface area contributed by atoms with Crippen LogP contribution < -0.4 is 21.3 Å². The summed E-state index contributed by atoms with van der Waals surface area (Å²) >= 11 is 0. The molecule has 11 heteroatoms. The number of carboxylic acid groups (broad SMARTS) is 1. The van der Waals surface area contributed by atoms with Gasteiger partial charge in [0.15, 0.2) is 0 Å². The van der Waals surface area contributed by atoms with Crippen LogP contribution >= 0.6 is 0 Å². The second kappa shape index (κ2) is 9.91. The first-order valence-electron chi connectivity index (χ1n) is 7.89. The molecule has 7 N–H and O–H groups in total. The topological polar surface area (TPSA) is 177 Å². The van der Waals surface area contributed by atoms with E-state index in [1.165, 1.54) is 6.92 Å². The van der Waals surface area contributed by atoms with Crippen molar-refractivity contribution in [3.63, 3.8) is 0 Å². The Bertz CT molecular complexity index is 507. The monoisotopic (exact) mass is 360 g/mol. The van der Waals surface area contributed by atoms with E-state index < -0.39 is 61.1 Å². The molecular formula is C14H24N4O7. The smallest absolute Gasteiger partial charge is 0.325 e. The summed E-state index contributed by atoms with van der Waals surface area (Å²) in [5, 5.41) is 36.8. The molecule has 0 aromatic rings. The van der Waals surface area contributed by atoms with Gasteiger partial charge in [0.2, 0.25) is 17.7 Å².